The summed E-state index contributed by atoms with van der Waals surface area (Å²) in [5.74, 6) is 10.7. The quantitative estimate of drug-likeness (QED) is 0.0533. The van der Waals surface area contributed by atoms with Crippen molar-refractivity contribution in [3.63, 3.8) is 0 Å². The molecule has 0 radical (unpaired) electrons. The van der Waals surface area contributed by atoms with Gasteiger partial charge in [0.25, 0.3) is 0 Å². The molecule has 0 saturated carbocycles. The summed E-state index contributed by atoms with van der Waals surface area (Å²) in [6, 6.07) is 0. The topological polar surface area (TPSA) is 0 Å². The fourth-order valence-corrected chi connectivity index (χ4v) is 12.4. The van der Waals surface area contributed by atoms with Crippen LogP contribution in [0.15, 0.2) is 0 Å². The van der Waals surface area contributed by atoms with Crippen molar-refractivity contribution in [1.29, 1.82) is 0 Å². The summed E-state index contributed by atoms with van der Waals surface area (Å²) in [7, 11) is 10.2. The highest BCUT2D eigenvalue weighted by molar-refractivity contribution is 4.69. The molecule has 2 nitrogen and oxygen atoms in total. The molecule has 0 amide bonds. The lowest BCUT2D eigenvalue weighted by Gasteiger charge is -2.32. The second-order valence-electron chi connectivity index (χ2n) is 29.3. The molecule has 0 N–H and O–H groups in total. The van der Waals surface area contributed by atoms with E-state index in [2.05, 4.69) is 125 Å². The lowest BCUT2D eigenvalue weighted by Crippen LogP contribution is -2.42. The van der Waals surface area contributed by atoms with Crippen molar-refractivity contribution in [3.8, 4) is 0 Å². The molecular formula is C68H142N2+2. The van der Waals surface area contributed by atoms with Gasteiger partial charge in [0.15, 0.2) is 0 Å². The highest BCUT2D eigenvalue weighted by Gasteiger charge is 2.22. The minimum atomic E-state index is 0.851. The maximum atomic E-state index is 2.57. The van der Waals surface area contributed by atoms with Crippen molar-refractivity contribution < 1.29 is 8.97 Å². The molecule has 0 saturated heterocycles. The fourth-order valence-electron chi connectivity index (χ4n) is 12.4. The second kappa shape index (κ2) is 43.1. The van der Waals surface area contributed by atoms with E-state index in [1.807, 2.05) is 0 Å². The first-order valence-corrected chi connectivity index (χ1v) is 32.6. The third-order valence-electron chi connectivity index (χ3n) is 18.0. The van der Waals surface area contributed by atoms with Crippen LogP contribution in [0.2, 0.25) is 0 Å². The summed E-state index contributed by atoms with van der Waals surface area (Å²) in [6.07, 6.45) is 48.9. The van der Waals surface area contributed by atoms with Crippen LogP contribution in [-0.2, 0) is 0 Å². The number of quaternary nitrogens is 2. The number of rotatable bonds is 51. The van der Waals surface area contributed by atoms with E-state index in [4.69, 9.17) is 0 Å². The Balaban J connectivity index is 5.36. The van der Waals surface area contributed by atoms with Gasteiger partial charge < -0.3 is 8.97 Å². The summed E-state index contributed by atoms with van der Waals surface area (Å²) < 4.78 is 2.45. The van der Waals surface area contributed by atoms with E-state index < -0.39 is 0 Å². The average molecular weight is 988 g/mol. The molecule has 8 atom stereocenters. The Kier molecular flexibility index (Phi) is 43.0. The van der Waals surface area contributed by atoms with Crippen LogP contribution in [0.3, 0.4) is 0 Å². The summed E-state index contributed by atoms with van der Waals surface area (Å²) in [6.45, 7) is 39.8. The molecule has 0 spiro atoms. The molecule has 0 aromatic rings. The van der Waals surface area contributed by atoms with E-state index in [1.54, 1.807) is 0 Å². The maximum absolute atomic E-state index is 2.57. The van der Waals surface area contributed by atoms with Crippen LogP contribution >= 0.6 is 0 Å². The first kappa shape index (κ1) is 69.9. The van der Waals surface area contributed by atoms with Crippen molar-refractivity contribution in [3.05, 3.63) is 0 Å². The van der Waals surface area contributed by atoms with Gasteiger partial charge in [0.1, 0.15) is 0 Å². The van der Waals surface area contributed by atoms with Gasteiger partial charge in [0.2, 0.25) is 0 Å². The minimum Gasteiger partial charge on any atom is -0.328 e. The van der Waals surface area contributed by atoms with Crippen molar-refractivity contribution in [1.82, 2.24) is 0 Å². The molecule has 0 rings (SSSR count). The van der Waals surface area contributed by atoms with E-state index >= 15 is 0 Å². The molecule has 2 heteroatoms. The van der Waals surface area contributed by atoms with Crippen molar-refractivity contribution in [2.24, 2.45) is 71.0 Å². The molecule has 8 unspecified atom stereocenters. The smallest absolute Gasteiger partial charge is 0.0785 e. The zero-order valence-corrected chi connectivity index (χ0v) is 52.7. The van der Waals surface area contributed by atoms with Gasteiger partial charge >= 0.3 is 0 Å². The van der Waals surface area contributed by atoms with Crippen LogP contribution in [0, 0.1) is 71.0 Å². The first-order valence-electron chi connectivity index (χ1n) is 32.6. The van der Waals surface area contributed by atoms with Crippen LogP contribution < -0.4 is 0 Å². The fraction of sp³-hybridized carbons (Fsp3) is 1.00. The van der Waals surface area contributed by atoms with Crippen LogP contribution in [0.4, 0.5) is 0 Å². The Morgan fingerprint density at radius 3 is 0.629 bits per heavy atom. The molecule has 0 aromatic heterocycles. The van der Waals surface area contributed by atoms with E-state index in [1.165, 1.54) is 253 Å². The summed E-state index contributed by atoms with van der Waals surface area (Å²) in [5.41, 5.74) is 0. The molecule has 0 aliphatic rings. The van der Waals surface area contributed by atoms with E-state index in [0.29, 0.717) is 0 Å². The van der Waals surface area contributed by atoms with Crippen molar-refractivity contribution >= 4 is 0 Å². The number of hydrogen-bond acceptors (Lipinski definition) is 0. The van der Waals surface area contributed by atoms with Gasteiger partial charge in [-0.25, -0.2) is 0 Å². The van der Waals surface area contributed by atoms with Crippen LogP contribution in [0.1, 0.15) is 315 Å². The molecule has 0 aliphatic heterocycles. The van der Waals surface area contributed by atoms with E-state index in [0.717, 1.165) is 71.0 Å². The zero-order chi connectivity index (χ0) is 52.8. The maximum Gasteiger partial charge on any atom is 0.0785 e. The van der Waals surface area contributed by atoms with Crippen LogP contribution in [0.25, 0.3) is 0 Å². The third-order valence-corrected chi connectivity index (χ3v) is 18.0. The van der Waals surface area contributed by atoms with Crippen molar-refractivity contribution in [2.45, 2.75) is 315 Å². The zero-order valence-electron chi connectivity index (χ0n) is 52.7. The van der Waals surface area contributed by atoms with Gasteiger partial charge in [0, 0.05) is 0 Å². The van der Waals surface area contributed by atoms with E-state index in [9.17, 15) is 0 Å². The van der Waals surface area contributed by atoms with Gasteiger partial charge in [-0.15, -0.1) is 0 Å². The molecule has 70 heavy (non-hydrogen) atoms. The first-order chi connectivity index (χ1) is 33.0. The van der Waals surface area contributed by atoms with Crippen LogP contribution in [0.5, 0.6) is 0 Å². The van der Waals surface area contributed by atoms with Gasteiger partial charge in [-0.1, -0.05) is 270 Å². The predicted octanol–water partition coefficient (Wildman–Crippen LogP) is 22.1. The SMILES string of the molecule is CC(C)CCCC(C)CCCC(C)CCC[N+](C)(C)CCCC(CCCC(C)CCCC(C)C)CCCC(CCCC(C)CCCC(C)C)CC[N+](C)(C)CCCC(C)CCCC(C)CCCC(C)C. The molecule has 0 fully saturated rings. The monoisotopic (exact) mass is 987 g/mol. The molecule has 0 heterocycles. The van der Waals surface area contributed by atoms with Gasteiger partial charge in [-0.05, 0) is 116 Å². The normalized spacial score (nSPS) is 16.4. The molecular weight excluding hydrogens is 845 g/mol. The summed E-state index contributed by atoms with van der Waals surface area (Å²) in [4.78, 5) is 0. The molecule has 0 aliphatic carbocycles. The van der Waals surface area contributed by atoms with Gasteiger partial charge in [0.05, 0.1) is 54.4 Å². The van der Waals surface area contributed by atoms with Gasteiger partial charge in [-0.2, -0.15) is 0 Å². The lowest BCUT2D eigenvalue weighted by molar-refractivity contribution is -0.891. The summed E-state index contributed by atoms with van der Waals surface area (Å²) in [5, 5.41) is 0. The van der Waals surface area contributed by atoms with E-state index in [-0.39, 0.29) is 0 Å². The highest BCUT2D eigenvalue weighted by Crippen LogP contribution is 2.30. The lowest BCUT2D eigenvalue weighted by atomic mass is 9.85. The van der Waals surface area contributed by atoms with Gasteiger partial charge in [-0.3, -0.25) is 0 Å². The molecule has 0 aromatic carbocycles. The Hall–Kier alpha value is -0.0800. The standard InChI is InChI=1S/C68H142N2/c1-57(2)31-19-35-61(9)39-23-41-65(13)45-28-53-69(15,16)55-30-51-67(47-25-43-63(11)37-21-33-59(5)6)49-27-50-68(48-26-44-64(12)38-22-34-60(7)8)52-56-70(17,18)54-29-46-66(14)42-24-40-62(10)36-20-32-58(3)4/h57-68H,19-56H2,1-18H3/q+2. The highest BCUT2D eigenvalue weighted by atomic mass is 15.3. The third kappa shape index (κ3) is 46.5. The largest absolute Gasteiger partial charge is 0.328 e. The predicted molar refractivity (Wildman–Crippen MR) is 322 cm³/mol. The van der Waals surface area contributed by atoms with Crippen molar-refractivity contribution in [2.75, 3.05) is 54.4 Å². The molecule has 0 bridgehead atoms. The summed E-state index contributed by atoms with van der Waals surface area (Å²) >= 11 is 0. The minimum absolute atomic E-state index is 0.851. The Morgan fingerprint density at radius 1 is 0.186 bits per heavy atom. The Morgan fingerprint density at radius 2 is 0.357 bits per heavy atom. The Bertz CT molecular complexity index is 1100. The average Bonchev–Trinajstić information content (AvgIpc) is 3.24. The molecule has 422 valence electrons. The number of hydrogen-bond donors (Lipinski definition) is 0. The second-order valence-corrected chi connectivity index (χ2v) is 29.3. The van der Waals surface area contributed by atoms with Crippen LogP contribution in [-0.4, -0.2) is 63.3 Å². The number of nitrogens with zero attached hydrogens (tertiary/aromatic N) is 2. The Labute approximate surface area is 447 Å².